The van der Waals surface area contributed by atoms with E-state index >= 15 is 0 Å². The fraction of sp³-hybridized carbons (Fsp3) is 0.647. The summed E-state index contributed by atoms with van der Waals surface area (Å²) in [5, 5.41) is 9.09. The van der Waals surface area contributed by atoms with Crippen molar-refractivity contribution in [1.29, 1.82) is 0 Å². The largest absolute Gasteiger partial charge is 0.478 e. The van der Waals surface area contributed by atoms with Gasteiger partial charge < -0.3 is 9.84 Å². The first-order chi connectivity index (χ1) is 9.81. The van der Waals surface area contributed by atoms with Gasteiger partial charge in [-0.25, -0.2) is 4.79 Å². The van der Waals surface area contributed by atoms with Gasteiger partial charge in [-0.05, 0) is 56.4 Å². The second kappa shape index (κ2) is 6.04. The van der Waals surface area contributed by atoms with Crippen molar-refractivity contribution in [3.63, 3.8) is 0 Å². The van der Waals surface area contributed by atoms with Gasteiger partial charge in [0.2, 0.25) is 0 Å². The molecule has 0 spiro atoms. The van der Waals surface area contributed by atoms with Gasteiger partial charge in [-0.3, -0.25) is 4.79 Å². The van der Waals surface area contributed by atoms with E-state index in [2.05, 4.69) is 6.92 Å². The fourth-order valence-corrected chi connectivity index (χ4v) is 3.80. The molecule has 0 amide bonds. The van der Waals surface area contributed by atoms with Gasteiger partial charge in [-0.2, -0.15) is 0 Å². The molecule has 0 aliphatic heterocycles. The molecule has 2 rings (SSSR count). The second-order valence-electron chi connectivity index (χ2n) is 6.39. The molecule has 1 fully saturated rings. The Morgan fingerprint density at radius 1 is 1.29 bits per heavy atom. The molecular formula is C17H24O4. The minimum atomic E-state index is -0.863. The van der Waals surface area contributed by atoms with Crippen LogP contribution in [0.5, 0.6) is 0 Å². The van der Waals surface area contributed by atoms with Crippen LogP contribution in [0.2, 0.25) is 0 Å². The number of aliphatic carboxylic acids is 1. The maximum Gasteiger partial charge on any atom is 0.330 e. The zero-order chi connectivity index (χ0) is 15.7. The van der Waals surface area contributed by atoms with E-state index in [9.17, 15) is 9.59 Å². The van der Waals surface area contributed by atoms with Gasteiger partial charge in [0.15, 0.2) is 0 Å². The number of hydrogen-bond acceptors (Lipinski definition) is 3. The third-order valence-electron chi connectivity index (χ3n) is 4.92. The topological polar surface area (TPSA) is 63.6 Å². The van der Waals surface area contributed by atoms with Gasteiger partial charge >= 0.3 is 11.9 Å². The summed E-state index contributed by atoms with van der Waals surface area (Å²) in [6.07, 6.45) is 4.64. The maximum absolute atomic E-state index is 11.2. The molecule has 0 unspecified atom stereocenters. The van der Waals surface area contributed by atoms with Crippen molar-refractivity contribution in [3.8, 4) is 0 Å². The van der Waals surface area contributed by atoms with Crippen LogP contribution < -0.4 is 0 Å². The molecule has 1 N–H and O–H groups in total. The zero-order valence-electron chi connectivity index (χ0n) is 13.2. The van der Waals surface area contributed by atoms with E-state index in [1.165, 1.54) is 12.5 Å². The van der Waals surface area contributed by atoms with Crippen molar-refractivity contribution < 1.29 is 19.4 Å². The molecule has 4 atom stereocenters. The van der Waals surface area contributed by atoms with Crippen LogP contribution >= 0.6 is 0 Å². The number of rotatable bonds is 3. The number of carbonyl (C=O) groups is 2. The Morgan fingerprint density at radius 2 is 1.95 bits per heavy atom. The first-order valence-corrected chi connectivity index (χ1v) is 7.60. The number of fused-ring (bicyclic) bond motifs is 1. The predicted molar refractivity (Wildman–Crippen MR) is 79.6 cm³/mol. The third kappa shape index (κ3) is 3.20. The van der Waals surface area contributed by atoms with Crippen LogP contribution in [-0.4, -0.2) is 23.1 Å². The van der Waals surface area contributed by atoms with Crippen LogP contribution in [0.4, 0.5) is 0 Å². The molecule has 21 heavy (non-hydrogen) atoms. The normalized spacial score (nSPS) is 32.9. The lowest BCUT2D eigenvalue weighted by Crippen LogP contribution is -2.24. The molecule has 0 aromatic rings. The van der Waals surface area contributed by atoms with Crippen LogP contribution in [0, 0.1) is 17.8 Å². The van der Waals surface area contributed by atoms with E-state index in [4.69, 9.17) is 9.84 Å². The highest BCUT2D eigenvalue weighted by Gasteiger charge is 2.41. The minimum Gasteiger partial charge on any atom is -0.478 e. The van der Waals surface area contributed by atoms with Crippen LogP contribution in [0.25, 0.3) is 0 Å². The molecule has 1 saturated carbocycles. The standard InChI is InChI=1S/C17H24O4/c1-9-5-6-13(7-10(2)17(19)20)16-11(3)15(8-14(9)16)21-12(4)18/h7,9,13-15H,5-6,8H2,1-4H3,(H,19,20)/b10-7-/t9-,13-,14-,15+/m0/s1. The number of carboxylic acid groups (broad SMARTS) is 1. The lowest BCUT2D eigenvalue weighted by molar-refractivity contribution is -0.144. The van der Waals surface area contributed by atoms with Gasteiger partial charge in [0.1, 0.15) is 6.10 Å². The summed E-state index contributed by atoms with van der Waals surface area (Å²) in [6, 6.07) is 0. The van der Waals surface area contributed by atoms with E-state index in [1.54, 1.807) is 6.92 Å². The summed E-state index contributed by atoms with van der Waals surface area (Å²) in [5.74, 6) is 0.0251. The summed E-state index contributed by atoms with van der Waals surface area (Å²) in [7, 11) is 0. The Hall–Kier alpha value is -1.58. The molecule has 4 nitrogen and oxygen atoms in total. The number of esters is 1. The zero-order valence-corrected chi connectivity index (χ0v) is 13.2. The highest BCUT2D eigenvalue weighted by molar-refractivity contribution is 5.85. The average molecular weight is 292 g/mol. The van der Waals surface area contributed by atoms with Crippen LogP contribution in [0.3, 0.4) is 0 Å². The van der Waals surface area contributed by atoms with E-state index < -0.39 is 5.97 Å². The third-order valence-corrected chi connectivity index (χ3v) is 4.92. The van der Waals surface area contributed by atoms with Crippen molar-refractivity contribution in [1.82, 2.24) is 0 Å². The SMILES string of the molecule is CC(=O)O[C@@H]1C[C@@H]2C(=C1C)[C@H](/C=C(/C)C(=O)O)CC[C@@H]2C. The smallest absolute Gasteiger partial charge is 0.330 e. The Balaban J connectivity index is 2.32. The van der Waals surface area contributed by atoms with Gasteiger partial charge in [0, 0.05) is 12.5 Å². The van der Waals surface area contributed by atoms with Crippen LogP contribution in [0.15, 0.2) is 22.8 Å². The highest BCUT2D eigenvalue weighted by Crippen LogP contribution is 2.49. The monoisotopic (exact) mass is 292 g/mol. The number of ether oxygens (including phenoxy) is 1. The molecule has 0 bridgehead atoms. The molecular weight excluding hydrogens is 268 g/mol. The van der Waals surface area contributed by atoms with E-state index in [0.29, 0.717) is 17.4 Å². The Bertz CT molecular complexity index is 515. The Morgan fingerprint density at radius 3 is 2.52 bits per heavy atom. The molecule has 2 aliphatic rings. The fourth-order valence-electron chi connectivity index (χ4n) is 3.80. The first-order valence-electron chi connectivity index (χ1n) is 7.60. The summed E-state index contributed by atoms with van der Waals surface area (Å²) in [4.78, 5) is 22.3. The maximum atomic E-state index is 11.2. The number of carbonyl (C=O) groups excluding carboxylic acids is 1. The summed E-state index contributed by atoms with van der Waals surface area (Å²) < 4.78 is 5.43. The molecule has 4 heteroatoms. The molecule has 116 valence electrons. The van der Waals surface area contributed by atoms with Gasteiger partial charge in [0.05, 0.1) is 0 Å². The molecule has 2 aliphatic carbocycles. The Labute approximate surface area is 125 Å². The first kappa shape index (κ1) is 15.8. The van der Waals surface area contributed by atoms with Crippen molar-refractivity contribution in [3.05, 3.63) is 22.8 Å². The average Bonchev–Trinajstić information content (AvgIpc) is 2.71. The Kier molecular flexibility index (Phi) is 4.55. The number of carboxylic acids is 1. The van der Waals surface area contributed by atoms with Gasteiger partial charge in [-0.15, -0.1) is 0 Å². The van der Waals surface area contributed by atoms with E-state index in [-0.39, 0.29) is 18.0 Å². The predicted octanol–water partition coefficient (Wildman–Crippen LogP) is 3.33. The van der Waals surface area contributed by atoms with Gasteiger partial charge in [-0.1, -0.05) is 18.6 Å². The molecule has 0 radical (unpaired) electrons. The minimum absolute atomic E-state index is 0.135. The van der Waals surface area contributed by atoms with Crippen LogP contribution in [0.1, 0.15) is 47.0 Å². The van der Waals surface area contributed by atoms with Crippen LogP contribution in [-0.2, 0) is 14.3 Å². The summed E-state index contributed by atoms with van der Waals surface area (Å²) >= 11 is 0. The lowest BCUT2D eigenvalue weighted by Gasteiger charge is -2.33. The highest BCUT2D eigenvalue weighted by atomic mass is 16.5. The second-order valence-corrected chi connectivity index (χ2v) is 6.39. The molecule has 0 saturated heterocycles. The quantitative estimate of drug-likeness (QED) is 0.492. The lowest BCUT2D eigenvalue weighted by atomic mass is 9.71. The molecule has 0 heterocycles. The van der Waals surface area contributed by atoms with Crippen molar-refractivity contribution >= 4 is 11.9 Å². The number of hydrogen-bond donors (Lipinski definition) is 1. The summed E-state index contributed by atoms with van der Waals surface area (Å²) in [6.45, 7) is 7.34. The van der Waals surface area contributed by atoms with E-state index in [0.717, 1.165) is 24.8 Å². The van der Waals surface area contributed by atoms with Crippen molar-refractivity contribution in [2.75, 3.05) is 0 Å². The number of allylic oxidation sites excluding steroid dienone is 2. The molecule has 0 aromatic heterocycles. The van der Waals surface area contributed by atoms with Gasteiger partial charge in [0.25, 0.3) is 0 Å². The summed E-state index contributed by atoms with van der Waals surface area (Å²) in [5.41, 5.74) is 2.83. The van der Waals surface area contributed by atoms with E-state index in [1.807, 2.05) is 13.0 Å². The molecule has 0 aromatic carbocycles. The van der Waals surface area contributed by atoms with Crippen molar-refractivity contribution in [2.24, 2.45) is 17.8 Å². The van der Waals surface area contributed by atoms with Crippen molar-refractivity contribution in [2.45, 2.75) is 53.1 Å².